The lowest BCUT2D eigenvalue weighted by Crippen LogP contribution is -2.29. The lowest BCUT2D eigenvalue weighted by molar-refractivity contribution is -0.126. The number of hydrogen-bond donors (Lipinski definition) is 1. The van der Waals surface area contributed by atoms with Crippen LogP contribution in [0.1, 0.15) is 5.56 Å². The summed E-state index contributed by atoms with van der Waals surface area (Å²) in [7, 11) is 3.45. The quantitative estimate of drug-likeness (QED) is 0.802. The van der Waals surface area contributed by atoms with Gasteiger partial charge in [-0.05, 0) is 19.1 Å². The number of carbonyl (C=O) groups excluding carboxylic acids is 1. The van der Waals surface area contributed by atoms with E-state index in [0.717, 1.165) is 27.7 Å². The largest absolute Gasteiger partial charge is 0.347 e. The molecule has 3 rings (SSSR count). The second-order valence-electron chi connectivity index (χ2n) is 5.92. The van der Waals surface area contributed by atoms with Gasteiger partial charge in [0.25, 0.3) is 0 Å². The molecule has 122 valence electrons. The van der Waals surface area contributed by atoms with Gasteiger partial charge in [-0.2, -0.15) is 0 Å². The van der Waals surface area contributed by atoms with Crippen LogP contribution in [-0.2, 0) is 4.79 Å². The van der Waals surface area contributed by atoms with Gasteiger partial charge in [0, 0.05) is 25.0 Å². The van der Waals surface area contributed by atoms with Crippen LogP contribution < -0.4 is 5.32 Å². The van der Waals surface area contributed by atoms with Crippen LogP contribution in [0.2, 0.25) is 0 Å². The molecule has 0 fully saturated rings. The van der Waals surface area contributed by atoms with Crippen LogP contribution in [0.15, 0.2) is 48.5 Å². The van der Waals surface area contributed by atoms with Gasteiger partial charge >= 0.3 is 0 Å². The topological polar surface area (TPSA) is 58.1 Å². The number of nitrogens with zero attached hydrogens (tertiary/aromatic N) is 3. The van der Waals surface area contributed by atoms with E-state index in [9.17, 15) is 4.79 Å². The Labute approximate surface area is 141 Å². The minimum atomic E-state index is -0.0242. The molecule has 0 atom stereocenters. The second-order valence-corrected chi connectivity index (χ2v) is 5.92. The molecular weight excluding hydrogens is 300 g/mol. The molecule has 0 aliphatic heterocycles. The molecule has 1 heterocycles. The zero-order valence-corrected chi connectivity index (χ0v) is 14.1. The van der Waals surface area contributed by atoms with Crippen molar-refractivity contribution >= 4 is 22.8 Å². The number of rotatable bonds is 4. The first-order valence-corrected chi connectivity index (χ1v) is 7.82. The van der Waals surface area contributed by atoms with Gasteiger partial charge < -0.3 is 10.2 Å². The fourth-order valence-corrected chi connectivity index (χ4v) is 2.45. The molecule has 0 saturated heterocycles. The molecule has 24 heavy (non-hydrogen) atoms. The fraction of sp³-hybridized carbons (Fsp3) is 0.211. The average Bonchev–Trinajstić information content (AvgIpc) is 2.59. The van der Waals surface area contributed by atoms with E-state index in [0.29, 0.717) is 5.95 Å². The average molecular weight is 320 g/mol. The first kappa shape index (κ1) is 15.9. The molecule has 0 aliphatic carbocycles. The van der Waals surface area contributed by atoms with Crippen molar-refractivity contribution in [1.29, 1.82) is 0 Å². The number of benzene rings is 2. The highest BCUT2D eigenvalue weighted by Crippen LogP contribution is 2.27. The van der Waals surface area contributed by atoms with Crippen LogP contribution in [0.3, 0.4) is 0 Å². The third-order valence-electron chi connectivity index (χ3n) is 3.79. The van der Waals surface area contributed by atoms with E-state index < -0.39 is 0 Å². The Morgan fingerprint density at radius 1 is 1.08 bits per heavy atom. The summed E-state index contributed by atoms with van der Waals surface area (Å²) in [4.78, 5) is 22.5. The normalized spacial score (nSPS) is 10.6. The van der Waals surface area contributed by atoms with Crippen molar-refractivity contribution < 1.29 is 4.79 Å². The summed E-state index contributed by atoms with van der Waals surface area (Å²) in [5.74, 6) is 0.435. The van der Waals surface area contributed by atoms with Gasteiger partial charge in [-0.3, -0.25) is 4.79 Å². The third-order valence-corrected chi connectivity index (χ3v) is 3.79. The Hall–Kier alpha value is -2.95. The van der Waals surface area contributed by atoms with Crippen molar-refractivity contribution in [2.24, 2.45) is 0 Å². The Morgan fingerprint density at radius 3 is 2.54 bits per heavy atom. The second kappa shape index (κ2) is 6.66. The summed E-state index contributed by atoms with van der Waals surface area (Å²) in [6.07, 6.45) is 0. The third kappa shape index (κ3) is 3.35. The van der Waals surface area contributed by atoms with Crippen LogP contribution in [0.25, 0.3) is 22.2 Å². The van der Waals surface area contributed by atoms with Gasteiger partial charge in [-0.25, -0.2) is 9.97 Å². The number of nitrogens with one attached hydrogen (secondary N) is 1. The summed E-state index contributed by atoms with van der Waals surface area (Å²) in [5, 5.41) is 4.03. The number of aryl methyl sites for hydroxylation is 1. The molecule has 0 spiro atoms. The number of hydrogen-bond acceptors (Lipinski definition) is 4. The van der Waals surface area contributed by atoms with E-state index in [1.54, 1.807) is 14.1 Å². The standard InChI is InChI=1S/C19H20N4O/c1-13-9-10-16-15(11-13)18(14-7-5-4-6-8-14)22-19(21-16)20-12-17(24)23(2)3/h4-11H,12H2,1-3H3,(H,20,21,22). The van der Waals surface area contributed by atoms with Crippen molar-refractivity contribution in [3.8, 4) is 11.3 Å². The number of amides is 1. The molecule has 5 nitrogen and oxygen atoms in total. The maximum Gasteiger partial charge on any atom is 0.241 e. The summed E-state index contributed by atoms with van der Waals surface area (Å²) < 4.78 is 0. The number of fused-ring (bicyclic) bond motifs is 1. The van der Waals surface area contributed by atoms with Crippen molar-refractivity contribution in [1.82, 2.24) is 14.9 Å². The smallest absolute Gasteiger partial charge is 0.241 e. The number of carbonyl (C=O) groups is 1. The highest BCUT2D eigenvalue weighted by atomic mass is 16.2. The Kier molecular flexibility index (Phi) is 4.42. The van der Waals surface area contributed by atoms with E-state index in [2.05, 4.69) is 28.3 Å². The maximum absolute atomic E-state index is 11.8. The Morgan fingerprint density at radius 2 is 1.83 bits per heavy atom. The molecule has 0 bridgehead atoms. The number of aromatic nitrogens is 2. The predicted octanol–water partition coefficient (Wildman–Crippen LogP) is 3.11. The molecule has 0 saturated carbocycles. The SMILES string of the molecule is Cc1ccc2nc(NCC(=O)N(C)C)nc(-c3ccccc3)c2c1. The molecular formula is C19H20N4O. The van der Waals surface area contributed by atoms with E-state index in [1.165, 1.54) is 4.90 Å². The minimum Gasteiger partial charge on any atom is -0.347 e. The fourth-order valence-electron chi connectivity index (χ4n) is 2.45. The maximum atomic E-state index is 11.8. The van der Waals surface area contributed by atoms with Crippen LogP contribution in [-0.4, -0.2) is 41.4 Å². The van der Waals surface area contributed by atoms with E-state index in [1.807, 2.05) is 42.5 Å². The lowest BCUT2D eigenvalue weighted by Gasteiger charge is -2.13. The van der Waals surface area contributed by atoms with E-state index >= 15 is 0 Å². The van der Waals surface area contributed by atoms with Gasteiger partial charge in [0.05, 0.1) is 17.8 Å². The molecule has 1 N–H and O–H groups in total. The Bertz CT molecular complexity index is 875. The van der Waals surface area contributed by atoms with Crippen molar-refractivity contribution in [2.45, 2.75) is 6.92 Å². The van der Waals surface area contributed by atoms with E-state index in [4.69, 9.17) is 0 Å². The molecule has 3 aromatic rings. The van der Waals surface area contributed by atoms with Crippen molar-refractivity contribution in [2.75, 3.05) is 26.0 Å². The van der Waals surface area contributed by atoms with Crippen LogP contribution in [0, 0.1) is 6.92 Å². The molecule has 1 aromatic heterocycles. The van der Waals surface area contributed by atoms with Crippen LogP contribution in [0.5, 0.6) is 0 Å². The molecule has 0 aliphatic rings. The number of anilines is 1. The van der Waals surface area contributed by atoms with Crippen LogP contribution in [0.4, 0.5) is 5.95 Å². The van der Waals surface area contributed by atoms with Gasteiger partial charge in [0.1, 0.15) is 0 Å². The Balaban J connectivity index is 2.06. The summed E-state index contributed by atoms with van der Waals surface area (Å²) in [6, 6.07) is 16.1. The van der Waals surface area contributed by atoms with Crippen LogP contribution >= 0.6 is 0 Å². The number of likely N-dealkylation sites (N-methyl/N-ethyl adjacent to an activating group) is 1. The minimum absolute atomic E-state index is 0.0242. The van der Waals surface area contributed by atoms with Gasteiger partial charge in [-0.15, -0.1) is 0 Å². The molecule has 2 aromatic carbocycles. The van der Waals surface area contributed by atoms with Crippen molar-refractivity contribution in [3.05, 3.63) is 54.1 Å². The van der Waals surface area contributed by atoms with Crippen molar-refractivity contribution in [3.63, 3.8) is 0 Å². The molecule has 0 radical (unpaired) electrons. The highest BCUT2D eigenvalue weighted by molar-refractivity contribution is 5.93. The van der Waals surface area contributed by atoms with E-state index in [-0.39, 0.29) is 12.5 Å². The molecule has 0 unspecified atom stereocenters. The summed E-state index contributed by atoms with van der Waals surface area (Å²) in [6.45, 7) is 2.22. The lowest BCUT2D eigenvalue weighted by atomic mass is 10.0. The first-order chi connectivity index (χ1) is 11.5. The first-order valence-electron chi connectivity index (χ1n) is 7.82. The zero-order valence-electron chi connectivity index (χ0n) is 14.1. The summed E-state index contributed by atoms with van der Waals surface area (Å²) >= 11 is 0. The highest BCUT2D eigenvalue weighted by Gasteiger charge is 2.11. The van der Waals surface area contributed by atoms with Gasteiger partial charge in [0.2, 0.25) is 11.9 Å². The zero-order chi connectivity index (χ0) is 17.1. The van der Waals surface area contributed by atoms with Gasteiger partial charge in [0.15, 0.2) is 0 Å². The van der Waals surface area contributed by atoms with Gasteiger partial charge in [-0.1, -0.05) is 42.0 Å². The molecule has 5 heteroatoms. The summed E-state index contributed by atoms with van der Waals surface area (Å²) in [5.41, 5.74) is 3.91. The predicted molar refractivity (Wildman–Crippen MR) is 96.9 cm³/mol. The monoisotopic (exact) mass is 320 g/mol. The molecule has 1 amide bonds.